The lowest BCUT2D eigenvalue weighted by molar-refractivity contribution is 0.0657. The Labute approximate surface area is 117 Å². The van der Waals surface area contributed by atoms with Crippen LogP contribution in [0.5, 0.6) is 0 Å². The summed E-state index contributed by atoms with van der Waals surface area (Å²) in [5.41, 5.74) is 1.62. The average Bonchev–Trinajstić information content (AvgIpc) is 2.88. The van der Waals surface area contributed by atoms with Crippen LogP contribution in [0, 0.1) is 5.82 Å². The van der Waals surface area contributed by atoms with Crippen LogP contribution in [0.25, 0.3) is 0 Å². The molecule has 108 valence electrons. The molecule has 20 heavy (non-hydrogen) atoms. The molecule has 0 spiro atoms. The van der Waals surface area contributed by atoms with Gasteiger partial charge in [-0.15, -0.1) is 0 Å². The summed E-state index contributed by atoms with van der Waals surface area (Å²) < 4.78 is 12.9. The molecule has 2 rings (SSSR count). The van der Waals surface area contributed by atoms with Gasteiger partial charge in [0.15, 0.2) is 6.10 Å². The highest BCUT2D eigenvalue weighted by atomic mass is 19.1. The summed E-state index contributed by atoms with van der Waals surface area (Å²) in [7, 11) is 1.71. The standard InChI is InChI=1S/C14H18FN3O2/c1-3-16-14(19)18(2)9-12-8-13(17-20-12)10-4-6-11(15)7-5-10/h4-7,12H,3,8-9H2,1-2H3,(H,16,19)/t12-/m0/s1. The van der Waals surface area contributed by atoms with E-state index in [-0.39, 0.29) is 18.0 Å². The molecule has 1 aromatic rings. The van der Waals surface area contributed by atoms with Gasteiger partial charge in [-0.05, 0) is 24.6 Å². The lowest BCUT2D eigenvalue weighted by Gasteiger charge is -2.19. The minimum atomic E-state index is -0.277. The fourth-order valence-electron chi connectivity index (χ4n) is 2.01. The number of halogens is 1. The summed E-state index contributed by atoms with van der Waals surface area (Å²) in [6.45, 7) is 2.92. The van der Waals surface area contributed by atoms with Crippen LogP contribution in [0.15, 0.2) is 29.4 Å². The van der Waals surface area contributed by atoms with Crippen molar-refractivity contribution >= 4 is 11.7 Å². The SMILES string of the molecule is CCNC(=O)N(C)C[C@@H]1CC(c2ccc(F)cc2)=NO1. The molecule has 0 radical (unpaired) electrons. The third kappa shape index (κ3) is 3.46. The van der Waals surface area contributed by atoms with E-state index in [1.54, 1.807) is 24.1 Å². The largest absolute Gasteiger partial charge is 0.390 e. The summed E-state index contributed by atoms with van der Waals surface area (Å²) in [6.07, 6.45) is 0.442. The van der Waals surface area contributed by atoms with Crippen LogP contribution in [0.4, 0.5) is 9.18 Å². The summed E-state index contributed by atoms with van der Waals surface area (Å²) in [5.74, 6) is -0.277. The van der Waals surface area contributed by atoms with E-state index in [1.165, 1.54) is 12.1 Å². The second kappa shape index (κ2) is 6.36. The van der Waals surface area contributed by atoms with Gasteiger partial charge in [-0.3, -0.25) is 0 Å². The molecule has 1 aliphatic rings. The zero-order valence-corrected chi connectivity index (χ0v) is 11.6. The van der Waals surface area contributed by atoms with E-state index in [4.69, 9.17) is 4.84 Å². The molecule has 6 heteroatoms. The Morgan fingerprint density at radius 3 is 2.85 bits per heavy atom. The molecule has 1 aliphatic heterocycles. The van der Waals surface area contributed by atoms with E-state index in [0.717, 1.165) is 11.3 Å². The van der Waals surface area contributed by atoms with E-state index < -0.39 is 0 Å². The highest BCUT2D eigenvalue weighted by molar-refractivity contribution is 6.01. The molecule has 0 aromatic heterocycles. The number of urea groups is 1. The number of likely N-dealkylation sites (N-methyl/N-ethyl adjacent to an activating group) is 1. The predicted molar refractivity (Wildman–Crippen MR) is 74.1 cm³/mol. The Balaban J connectivity index is 1.88. The van der Waals surface area contributed by atoms with Crippen molar-refractivity contribution in [2.75, 3.05) is 20.1 Å². The van der Waals surface area contributed by atoms with Gasteiger partial charge in [0.1, 0.15) is 5.82 Å². The van der Waals surface area contributed by atoms with E-state index in [1.807, 2.05) is 6.92 Å². The van der Waals surface area contributed by atoms with Crippen LogP contribution in [0.3, 0.4) is 0 Å². The number of carbonyl (C=O) groups excluding carboxylic acids is 1. The molecular formula is C14H18FN3O2. The van der Waals surface area contributed by atoms with Gasteiger partial charge in [-0.2, -0.15) is 0 Å². The van der Waals surface area contributed by atoms with Gasteiger partial charge in [0, 0.05) is 20.0 Å². The van der Waals surface area contributed by atoms with Gasteiger partial charge in [0.05, 0.1) is 12.3 Å². The van der Waals surface area contributed by atoms with Crippen molar-refractivity contribution in [2.45, 2.75) is 19.4 Å². The quantitative estimate of drug-likeness (QED) is 0.916. The molecule has 1 atom stereocenters. The van der Waals surface area contributed by atoms with Crippen molar-refractivity contribution in [3.05, 3.63) is 35.6 Å². The first kappa shape index (κ1) is 14.3. The molecular weight excluding hydrogens is 261 g/mol. The second-order valence-electron chi connectivity index (χ2n) is 4.69. The highest BCUT2D eigenvalue weighted by Crippen LogP contribution is 2.17. The predicted octanol–water partition coefficient (Wildman–Crippen LogP) is 1.98. The fourth-order valence-corrected chi connectivity index (χ4v) is 2.01. The first-order valence-corrected chi connectivity index (χ1v) is 6.57. The molecule has 5 nitrogen and oxygen atoms in total. The summed E-state index contributed by atoms with van der Waals surface area (Å²) in [4.78, 5) is 18.5. The van der Waals surface area contributed by atoms with Crippen molar-refractivity contribution in [3.63, 3.8) is 0 Å². The Kier molecular flexibility index (Phi) is 4.55. The molecule has 0 bridgehead atoms. The zero-order chi connectivity index (χ0) is 14.5. The number of benzene rings is 1. The molecule has 1 N–H and O–H groups in total. The normalized spacial score (nSPS) is 17.4. The van der Waals surface area contributed by atoms with Crippen LogP contribution < -0.4 is 5.32 Å². The molecule has 0 aliphatic carbocycles. The number of amides is 2. The van der Waals surface area contributed by atoms with Crippen LogP contribution in [0.1, 0.15) is 18.9 Å². The van der Waals surface area contributed by atoms with Crippen LogP contribution in [0.2, 0.25) is 0 Å². The minimum absolute atomic E-state index is 0.133. The van der Waals surface area contributed by atoms with Crippen LogP contribution in [-0.4, -0.2) is 42.9 Å². The first-order valence-electron chi connectivity index (χ1n) is 6.57. The molecule has 0 fully saturated rings. The summed E-state index contributed by atoms with van der Waals surface area (Å²) in [5, 5.41) is 6.73. The Morgan fingerprint density at radius 1 is 1.50 bits per heavy atom. The van der Waals surface area contributed by atoms with E-state index >= 15 is 0 Å². The number of oxime groups is 1. The topological polar surface area (TPSA) is 53.9 Å². The number of hydrogen-bond acceptors (Lipinski definition) is 3. The van der Waals surface area contributed by atoms with Crippen molar-refractivity contribution in [1.82, 2.24) is 10.2 Å². The van der Waals surface area contributed by atoms with Gasteiger partial charge in [-0.25, -0.2) is 9.18 Å². The maximum atomic E-state index is 12.9. The third-order valence-corrected chi connectivity index (χ3v) is 3.06. The summed E-state index contributed by atoms with van der Waals surface area (Å²) >= 11 is 0. The maximum absolute atomic E-state index is 12.9. The monoisotopic (exact) mass is 279 g/mol. The van der Waals surface area contributed by atoms with Crippen molar-refractivity contribution in [2.24, 2.45) is 5.16 Å². The van der Waals surface area contributed by atoms with E-state index in [2.05, 4.69) is 10.5 Å². The third-order valence-electron chi connectivity index (χ3n) is 3.06. The van der Waals surface area contributed by atoms with Gasteiger partial charge in [0.2, 0.25) is 0 Å². The van der Waals surface area contributed by atoms with Crippen LogP contribution >= 0.6 is 0 Å². The number of nitrogens with zero attached hydrogens (tertiary/aromatic N) is 2. The molecule has 1 heterocycles. The second-order valence-corrected chi connectivity index (χ2v) is 4.69. The Hall–Kier alpha value is -2.11. The summed E-state index contributed by atoms with van der Waals surface area (Å²) in [6, 6.07) is 6.00. The smallest absolute Gasteiger partial charge is 0.317 e. The lowest BCUT2D eigenvalue weighted by atomic mass is 10.0. The Morgan fingerprint density at radius 2 is 2.20 bits per heavy atom. The number of nitrogens with one attached hydrogen (secondary N) is 1. The van der Waals surface area contributed by atoms with Crippen molar-refractivity contribution < 1.29 is 14.0 Å². The van der Waals surface area contributed by atoms with Gasteiger partial charge in [-0.1, -0.05) is 17.3 Å². The van der Waals surface area contributed by atoms with Crippen molar-refractivity contribution in [3.8, 4) is 0 Å². The molecule has 2 amide bonds. The van der Waals surface area contributed by atoms with Crippen molar-refractivity contribution in [1.29, 1.82) is 0 Å². The molecule has 0 saturated carbocycles. The number of hydrogen-bond donors (Lipinski definition) is 1. The van der Waals surface area contributed by atoms with Crippen LogP contribution in [-0.2, 0) is 4.84 Å². The molecule has 0 saturated heterocycles. The van der Waals surface area contributed by atoms with E-state index in [0.29, 0.717) is 19.5 Å². The fraction of sp³-hybridized carbons (Fsp3) is 0.429. The lowest BCUT2D eigenvalue weighted by Crippen LogP contribution is -2.41. The van der Waals surface area contributed by atoms with Gasteiger partial charge >= 0.3 is 6.03 Å². The van der Waals surface area contributed by atoms with E-state index in [9.17, 15) is 9.18 Å². The average molecular weight is 279 g/mol. The number of rotatable bonds is 4. The van der Waals surface area contributed by atoms with Gasteiger partial charge in [0.25, 0.3) is 0 Å². The molecule has 0 unspecified atom stereocenters. The molecule has 1 aromatic carbocycles. The zero-order valence-electron chi connectivity index (χ0n) is 11.6. The van der Waals surface area contributed by atoms with Gasteiger partial charge < -0.3 is 15.1 Å². The maximum Gasteiger partial charge on any atom is 0.317 e. The number of carbonyl (C=O) groups is 1. The highest BCUT2D eigenvalue weighted by Gasteiger charge is 2.24. The first-order chi connectivity index (χ1) is 9.60. The minimum Gasteiger partial charge on any atom is -0.390 e. The Bertz CT molecular complexity index is 502.